The summed E-state index contributed by atoms with van der Waals surface area (Å²) >= 11 is 0. The maximum absolute atomic E-state index is 12.5. The van der Waals surface area contributed by atoms with Crippen LogP contribution in [0.3, 0.4) is 0 Å². The van der Waals surface area contributed by atoms with E-state index in [1.807, 2.05) is 10.6 Å². The number of hydrogen-bond acceptors (Lipinski definition) is 7. The van der Waals surface area contributed by atoms with E-state index in [0.717, 1.165) is 68.6 Å². The fourth-order valence-electron chi connectivity index (χ4n) is 4.56. The van der Waals surface area contributed by atoms with Gasteiger partial charge in [0.15, 0.2) is 0 Å². The third-order valence-corrected chi connectivity index (χ3v) is 6.83. The van der Waals surface area contributed by atoms with Crippen LogP contribution < -0.4 is 21.3 Å². The van der Waals surface area contributed by atoms with Gasteiger partial charge in [-0.15, -0.1) is 0 Å². The number of benzene rings is 1. The van der Waals surface area contributed by atoms with Crippen molar-refractivity contribution < 1.29 is 22.8 Å². The number of fused-ring (bicyclic) bond motifs is 1. The van der Waals surface area contributed by atoms with E-state index in [9.17, 15) is 22.8 Å². The molecule has 10 nitrogen and oxygen atoms in total. The molecule has 1 unspecified atom stereocenters. The number of carbonyl (C=O) groups is 2. The minimum Gasteiger partial charge on any atom is -0.382 e. The molecule has 1 aliphatic carbocycles. The second-order valence-electron chi connectivity index (χ2n) is 9.94. The predicted molar refractivity (Wildman–Crippen MR) is 147 cm³/mol. The molecule has 0 bridgehead atoms. The number of aromatic nitrogens is 4. The number of amides is 2. The zero-order valence-electron chi connectivity index (χ0n) is 22.0. The number of nitrogens with two attached hydrogens (primary N) is 1. The summed E-state index contributed by atoms with van der Waals surface area (Å²) in [5.41, 5.74) is 6.20. The molecule has 1 aromatic carbocycles. The summed E-state index contributed by atoms with van der Waals surface area (Å²) in [6.45, 7) is 1.73. The lowest BCUT2D eigenvalue weighted by Gasteiger charge is -2.33. The first kappa shape index (κ1) is 27.9. The fraction of sp³-hybridized carbons (Fsp3) is 0.321. The highest BCUT2D eigenvalue weighted by Gasteiger charge is 2.33. The summed E-state index contributed by atoms with van der Waals surface area (Å²) in [6.07, 6.45) is 6.01. The highest BCUT2D eigenvalue weighted by molar-refractivity contribution is 6.03. The molecule has 1 atom stereocenters. The number of anilines is 3. The first-order valence-electron chi connectivity index (χ1n) is 13.2. The standard InChI is InChI=1S/C15H20N6O.C13H9F3N2O/c16-13-12-8-18-15(21(12)7-5-17-13)20-6-1-2-11(9-20)19-14(22)10-3-4-10;14-13(15,16)10-6-7-17-11(8-10)18-12(19)9-4-2-1-3-5-9/h5,7-8,10-11H,1-4,6,9H2,(H2,16,17)(H,19,22);1-8H,(H,17,18,19). The van der Waals surface area contributed by atoms with Gasteiger partial charge in [0.1, 0.15) is 17.2 Å². The number of nitrogens with one attached hydrogen (secondary N) is 2. The molecule has 4 aromatic rings. The summed E-state index contributed by atoms with van der Waals surface area (Å²) in [5.74, 6) is 1.18. The minimum atomic E-state index is -4.46. The second-order valence-corrected chi connectivity index (χ2v) is 9.94. The average molecular weight is 567 g/mol. The summed E-state index contributed by atoms with van der Waals surface area (Å²) < 4.78 is 39.4. The molecule has 6 rings (SSSR count). The molecule has 4 heterocycles. The van der Waals surface area contributed by atoms with Gasteiger partial charge in [0.05, 0.1) is 11.8 Å². The normalized spacial score (nSPS) is 17.0. The van der Waals surface area contributed by atoms with Crippen molar-refractivity contribution in [3.05, 3.63) is 78.4 Å². The Morgan fingerprint density at radius 3 is 2.51 bits per heavy atom. The van der Waals surface area contributed by atoms with Crippen molar-refractivity contribution in [1.29, 1.82) is 0 Å². The lowest BCUT2D eigenvalue weighted by atomic mass is 10.1. The number of hydrogen-bond donors (Lipinski definition) is 3. The number of piperidine rings is 1. The predicted octanol–water partition coefficient (Wildman–Crippen LogP) is 4.16. The summed E-state index contributed by atoms with van der Waals surface area (Å²) in [4.78, 5) is 38.2. The van der Waals surface area contributed by atoms with Crippen LogP contribution >= 0.6 is 0 Å². The van der Waals surface area contributed by atoms with Crippen LogP contribution in [-0.2, 0) is 11.0 Å². The maximum Gasteiger partial charge on any atom is 0.416 e. The van der Waals surface area contributed by atoms with Crippen molar-refractivity contribution in [1.82, 2.24) is 24.7 Å². The lowest BCUT2D eigenvalue weighted by Crippen LogP contribution is -2.48. The van der Waals surface area contributed by atoms with Crippen molar-refractivity contribution in [3.8, 4) is 0 Å². The van der Waals surface area contributed by atoms with E-state index in [1.165, 1.54) is 0 Å². The lowest BCUT2D eigenvalue weighted by molar-refractivity contribution is -0.137. The third kappa shape index (κ3) is 6.91. The first-order chi connectivity index (χ1) is 19.7. The Labute approximate surface area is 233 Å². The Kier molecular flexibility index (Phi) is 8.04. The highest BCUT2D eigenvalue weighted by atomic mass is 19.4. The summed E-state index contributed by atoms with van der Waals surface area (Å²) in [7, 11) is 0. The molecule has 1 aliphatic heterocycles. The van der Waals surface area contributed by atoms with Crippen molar-refractivity contribution in [2.75, 3.05) is 29.0 Å². The van der Waals surface area contributed by atoms with Gasteiger partial charge in [-0.3, -0.25) is 14.0 Å². The third-order valence-electron chi connectivity index (χ3n) is 6.83. The Bertz CT molecular complexity index is 1520. The van der Waals surface area contributed by atoms with Crippen LogP contribution in [0.2, 0.25) is 0 Å². The monoisotopic (exact) mass is 566 g/mol. The highest BCUT2D eigenvalue weighted by Crippen LogP contribution is 2.30. The van der Waals surface area contributed by atoms with Crippen molar-refractivity contribution in [2.24, 2.45) is 5.92 Å². The van der Waals surface area contributed by atoms with E-state index in [0.29, 0.717) is 11.4 Å². The van der Waals surface area contributed by atoms with Gasteiger partial charge in [0.2, 0.25) is 11.9 Å². The fourth-order valence-corrected chi connectivity index (χ4v) is 4.56. The first-order valence-corrected chi connectivity index (χ1v) is 13.2. The van der Waals surface area contributed by atoms with Crippen LogP contribution in [0.25, 0.3) is 5.52 Å². The van der Waals surface area contributed by atoms with Crippen LogP contribution in [0.1, 0.15) is 41.6 Å². The molecular weight excluding hydrogens is 537 g/mol. The van der Waals surface area contributed by atoms with Crippen LogP contribution in [0.5, 0.6) is 0 Å². The van der Waals surface area contributed by atoms with Gasteiger partial charge in [0, 0.05) is 49.2 Å². The zero-order chi connectivity index (χ0) is 29.0. The topological polar surface area (TPSA) is 131 Å². The van der Waals surface area contributed by atoms with Crippen LogP contribution in [0, 0.1) is 5.92 Å². The number of pyridine rings is 1. The van der Waals surface area contributed by atoms with E-state index in [2.05, 4.69) is 30.5 Å². The molecule has 1 saturated heterocycles. The Morgan fingerprint density at radius 2 is 1.78 bits per heavy atom. The molecule has 2 aliphatic rings. The van der Waals surface area contributed by atoms with Crippen molar-refractivity contribution in [2.45, 2.75) is 37.9 Å². The molecule has 3 aromatic heterocycles. The molecule has 2 fully saturated rings. The van der Waals surface area contributed by atoms with E-state index < -0.39 is 17.6 Å². The van der Waals surface area contributed by atoms with Gasteiger partial charge < -0.3 is 21.3 Å². The molecule has 41 heavy (non-hydrogen) atoms. The van der Waals surface area contributed by atoms with Crippen LogP contribution in [-0.4, -0.2) is 50.3 Å². The molecular formula is C28H29F3N8O2. The van der Waals surface area contributed by atoms with Gasteiger partial charge >= 0.3 is 6.18 Å². The molecule has 4 N–H and O–H groups in total. The Hall–Kier alpha value is -4.68. The number of rotatable bonds is 5. The number of alkyl halides is 3. The SMILES string of the molecule is Nc1nccn2c(N3CCCC(NC(=O)C4CC4)C3)ncc12.O=C(Nc1cc(C(F)(F)F)ccn1)c1ccccc1. The number of nitrogens with zero attached hydrogens (tertiary/aromatic N) is 5. The van der Waals surface area contributed by atoms with Crippen molar-refractivity contribution in [3.63, 3.8) is 0 Å². The van der Waals surface area contributed by atoms with Gasteiger partial charge in [-0.05, 0) is 49.9 Å². The quantitative estimate of drug-likeness (QED) is 0.331. The number of imidazole rings is 1. The molecule has 0 radical (unpaired) electrons. The summed E-state index contributed by atoms with van der Waals surface area (Å²) in [5, 5.41) is 5.50. The van der Waals surface area contributed by atoms with E-state index in [4.69, 9.17) is 5.73 Å². The van der Waals surface area contributed by atoms with Gasteiger partial charge in [-0.2, -0.15) is 13.2 Å². The molecule has 214 valence electrons. The maximum atomic E-state index is 12.5. The van der Waals surface area contributed by atoms with Gasteiger partial charge in [-0.1, -0.05) is 18.2 Å². The minimum absolute atomic E-state index is 0.135. The van der Waals surface area contributed by atoms with Crippen molar-refractivity contribution >= 4 is 34.9 Å². The van der Waals surface area contributed by atoms with Gasteiger partial charge in [0.25, 0.3) is 5.91 Å². The van der Waals surface area contributed by atoms with E-state index in [-0.39, 0.29) is 23.7 Å². The molecule has 1 saturated carbocycles. The molecule has 13 heteroatoms. The number of carbonyl (C=O) groups excluding carboxylic acids is 2. The summed E-state index contributed by atoms with van der Waals surface area (Å²) in [6, 6.07) is 10.0. The largest absolute Gasteiger partial charge is 0.416 e. The van der Waals surface area contributed by atoms with Crippen LogP contribution in [0.15, 0.2) is 67.3 Å². The average Bonchev–Trinajstić information content (AvgIpc) is 3.73. The van der Waals surface area contributed by atoms with Gasteiger partial charge in [-0.25, -0.2) is 15.0 Å². The molecule has 2 amide bonds. The smallest absolute Gasteiger partial charge is 0.382 e. The van der Waals surface area contributed by atoms with Crippen LogP contribution in [0.4, 0.5) is 30.8 Å². The number of halogens is 3. The molecule has 0 spiro atoms. The Balaban J connectivity index is 0.000000167. The second kappa shape index (κ2) is 11.8. The Morgan fingerprint density at radius 1 is 1.00 bits per heavy atom. The number of nitrogen functional groups attached to an aromatic ring is 1. The zero-order valence-corrected chi connectivity index (χ0v) is 22.0. The van der Waals surface area contributed by atoms with E-state index >= 15 is 0 Å². The van der Waals surface area contributed by atoms with E-state index in [1.54, 1.807) is 42.7 Å².